The minimum absolute atomic E-state index is 0.234. The molecule has 2 N–H and O–H groups in total. The second kappa shape index (κ2) is 7.59. The molecule has 6 heteroatoms. The number of thiocarbonyl (C=S) groups is 1. The van der Waals surface area contributed by atoms with Gasteiger partial charge in [-0.05, 0) is 36.8 Å². The van der Waals surface area contributed by atoms with Gasteiger partial charge in [0, 0.05) is 29.2 Å². The van der Waals surface area contributed by atoms with Gasteiger partial charge in [0.2, 0.25) is 0 Å². The summed E-state index contributed by atoms with van der Waals surface area (Å²) < 4.78 is 13.3. The molecule has 0 saturated heterocycles. The molecular formula is C14H18FN3S2. The molecule has 0 bridgehead atoms. The summed E-state index contributed by atoms with van der Waals surface area (Å²) in [6.45, 7) is 2.97. The van der Waals surface area contributed by atoms with E-state index in [1.165, 1.54) is 12.1 Å². The average Bonchev–Trinajstić information content (AvgIpc) is 2.45. The van der Waals surface area contributed by atoms with E-state index < -0.39 is 0 Å². The molecule has 1 aromatic rings. The minimum atomic E-state index is -0.234. The number of hydrazone groups is 1. The Labute approximate surface area is 128 Å². The van der Waals surface area contributed by atoms with Crippen LogP contribution >= 0.6 is 24.0 Å². The van der Waals surface area contributed by atoms with Crippen molar-refractivity contribution in [2.75, 3.05) is 12.3 Å². The lowest BCUT2D eigenvalue weighted by Crippen LogP contribution is -2.33. The Bertz CT molecular complexity index is 517. The van der Waals surface area contributed by atoms with Gasteiger partial charge < -0.3 is 5.32 Å². The topological polar surface area (TPSA) is 36.4 Å². The number of nitrogens with zero attached hydrogens (tertiary/aromatic N) is 1. The maximum absolute atomic E-state index is 13.3. The van der Waals surface area contributed by atoms with Crippen LogP contribution in [0.3, 0.4) is 0 Å². The van der Waals surface area contributed by atoms with E-state index in [1.54, 1.807) is 11.8 Å². The molecular weight excluding hydrogens is 293 g/mol. The van der Waals surface area contributed by atoms with Crippen LogP contribution in [0.25, 0.3) is 0 Å². The normalized spacial score (nSPS) is 15.8. The molecule has 0 atom stereocenters. The minimum Gasteiger partial charge on any atom is -0.361 e. The third-order valence-electron chi connectivity index (χ3n) is 2.96. The second-order valence-electron chi connectivity index (χ2n) is 4.52. The summed E-state index contributed by atoms with van der Waals surface area (Å²) in [5.41, 5.74) is 4.57. The van der Waals surface area contributed by atoms with Gasteiger partial charge in [0.15, 0.2) is 5.11 Å². The molecule has 0 aliphatic carbocycles. The van der Waals surface area contributed by atoms with Crippen LogP contribution in [-0.2, 0) is 0 Å². The number of nitrogens with one attached hydrogen (secondary N) is 2. The van der Waals surface area contributed by atoms with Crippen molar-refractivity contribution in [3.05, 3.63) is 29.6 Å². The van der Waals surface area contributed by atoms with Crippen LogP contribution in [0.4, 0.5) is 4.39 Å². The number of thioether (sulfide) groups is 1. The van der Waals surface area contributed by atoms with Crippen LogP contribution < -0.4 is 10.7 Å². The Kier molecular flexibility index (Phi) is 5.79. The smallest absolute Gasteiger partial charge is 0.186 e. The molecule has 1 aliphatic rings. The summed E-state index contributed by atoms with van der Waals surface area (Å²) in [7, 11) is 0. The van der Waals surface area contributed by atoms with Crippen molar-refractivity contribution in [3.8, 4) is 0 Å². The van der Waals surface area contributed by atoms with Crippen molar-refractivity contribution in [1.29, 1.82) is 0 Å². The number of unbranched alkanes of at least 4 members (excludes halogenated alkanes) is 1. The Morgan fingerprint density at radius 1 is 1.50 bits per heavy atom. The van der Waals surface area contributed by atoms with E-state index in [1.807, 2.05) is 6.07 Å². The van der Waals surface area contributed by atoms with Crippen LogP contribution in [0.2, 0.25) is 0 Å². The predicted molar refractivity (Wildman–Crippen MR) is 86.9 cm³/mol. The van der Waals surface area contributed by atoms with E-state index in [-0.39, 0.29) is 5.82 Å². The SMILES string of the molecule is CCCCNC(=S)N/N=C1/CCSc2ccc(F)cc21. The molecule has 108 valence electrons. The highest BCUT2D eigenvalue weighted by Crippen LogP contribution is 2.30. The Balaban J connectivity index is 2.01. The summed E-state index contributed by atoms with van der Waals surface area (Å²) in [4.78, 5) is 1.07. The average molecular weight is 311 g/mol. The summed E-state index contributed by atoms with van der Waals surface area (Å²) >= 11 is 6.88. The summed E-state index contributed by atoms with van der Waals surface area (Å²) in [5.74, 6) is 0.720. The zero-order valence-corrected chi connectivity index (χ0v) is 13.0. The van der Waals surface area contributed by atoms with Gasteiger partial charge in [-0.1, -0.05) is 13.3 Å². The standard InChI is InChI=1S/C14H18FN3S2/c1-2-3-7-16-14(19)18-17-12-6-8-20-13-5-4-10(15)9-11(12)13/h4-5,9H,2-3,6-8H2,1H3,(H2,16,18,19)/b17-12-. The van der Waals surface area contributed by atoms with Gasteiger partial charge in [-0.25, -0.2) is 4.39 Å². The Morgan fingerprint density at radius 3 is 3.15 bits per heavy atom. The van der Waals surface area contributed by atoms with Gasteiger partial charge in [0.25, 0.3) is 0 Å². The molecule has 1 aromatic carbocycles. The number of benzene rings is 1. The van der Waals surface area contributed by atoms with Gasteiger partial charge in [0.1, 0.15) is 5.82 Å². The molecule has 0 fully saturated rings. The van der Waals surface area contributed by atoms with E-state index in [0.717, 1.165) is 47.7 Å². The van der Waals surface area contributed by atoms with Gasteiger partial charge in [-0.15, -0.1) is 11.8 Å². The molecule has 0 spiro atoms. The zero-order valence-electron chi connectivity index (χ0n) is 11.4. The van der Waals surface area contributed by atoms with Gasteiger partial charge in [-0.3, -0.25) is 5.43 Å². The summed E-state index contributed by atoms with van der Waals surface area (Å²) in [6.07, 6.45) is 3.00. The number of hydrogen-bond donors (Lipinski definition) is 2. The van der Waals surface area contributed by atoms with Crippen LogP contribution in [0, 0.1) is 5.82 Å². The van der Waals surface area contributed by atoms with Gasteiger partial charge >= 0.3 is 0 Å². The van der Waals surface area contributed by atoms with Crippen LogP contribution in [0.1, 0.15) is 31.7 Å². The van der Waals surface area contributed by atoms with E-state index in [2.05, 4.69) is 22.8 Å². The first-order valence-electron chi connectivity index (χ1n) is 6.74. The highest BCUT2D eigenvalue weighted by Gasteiger charge is 2.16. The zero-order chi connectivity index (χ0) is 14.4. The highest BCUT2D eigenvalue weighted by molar-refractivity contribution is 7.99. The van der Waals surface area contributed by atoms with Crippen LogP contribution in [0.5, 0.6) is 0 Å². The maximum Gasteiger partial charge on any atom is 0.186 e. The van der Waals surface area contributed by atoms with Gasteiger partial charge in [-0.2, -0.15) is 5.10 Å². The summed E-state index contributed by atoms with van der Waals surface area (Å²) in [6, 6.07) is 4.83. The van der Waals surface area contributed by atoms with Crippen molar-refractivity contribution in [1.82, 2.24) is 10.7 Å². The van der Waals surface area contributed by atoms with Crippen molar-refractivity contribution in [2.45, 2.75) is 31.1 Å². The first-order valence-corrected chi connectivity index (χ1v) is 8.13. The molecule has 0 amide bonds. The van der Waals surface area contributed by atoms with E-state index >= 15 is 0 Å². The third-order valence-corrected chi connectivity index (χ3v) is 4.27. The molecule has 3 nitrogen and oxygen atoms in total. The number of rotatable bonds is 4. The van der Waals surface area contributed by atoms with E-state index in [9.17, 15) is 4.39 Å². The fourth-order valence-electron chi connectivity index (χ4n) is 1.90. The third kappa shape index (κ3) is 4.18. The highest BCUT2D eigenvalue weighted by atomic mass is 32.2. The molecule has 1 aliphatic heterocycles. The lowest BCUT2D eigenvalue weighted by atomic mass is 10.1. The molecule has 0 unspecified atom stereocenters. The van der Waals surface area contributed by atoms with E-state index in [0.29, 0.717) is 5.11 Å². The Hall–Kier alpha value is -1.14. The monoisotopic (exact) mass is 311 g/mol. The largest absolute Gasteiger partial charge is 0.361 e. The quantitative estimate of drug-likeness (QED) is 0.508. The molecule has 0 saturated carbocycles. The molecule has 1 heterocycles. The molecule has 0 aromatic heterocycles. The molecule has 20 heavy (non-hydrogen) atoms. The maximum atomic E-state index is 13.3. The van der Waals surface area contributed by atoms with Crippen molar-refractivity contribution < 1.29 is 4.39 Å². The fraction of sp³-hybridized carbons (Fsp3) is 0.429. The van der Waals surface area contributed by atoms with Crippen molar-refractivity contribution in [2.24, 2.45) is 5.10 Å². The Morgan fingerprint density at radius 2 is 2.35 bits per heavy atom. The van der Waals surface area contributed by atoms with Crippen LogP contribution in [-0.4, -0.2) is 23.1 Å². The van der Waals surface area contributed by atoms with Gasteiger partial charge in [0.05, 0.1) is 5.71 Å². The van der Waals surface area contributed by atoms with Crippen LogP contribution in [0.15, 0.2) is 28.2 Å². The second-order valence-corrected chi connectivity index (χ2v) is 6.06. The van der Waals surface area contributed by atoms with Crippen molar-refractivity contribution >= 4 is 34.8 Å². The number of fused-ring (bicyclic) bond motifs is 1. The predicted octanol–water partition coefficient (Wildman–Crippen LogP) is 3.29. The number of hydrogen-bond acceptors (Lipinski definition) is 3. The van der Waals surface area contributed by atoms with E-state index in [4.69, 9.17) is 12.2 Å². The molecule has 0 radical (unpaired) electrons. The number of halogens is 1. The fourth-order valence-corrected chi connectivity index (χ4v) is 3.06. The first-order chi connectivity index (χ1) is 9.70. The lowest BCUT2D eigenvalue weighted by molar-refractivity contribution is 0.626. The lowest BCUT2D eigenvalue weighted by Gasteiger charge is -2.17. The molecule has 2 rings (SSSR count). The summed E-state index contributed by atoms with van der Waals surface area (Å²) in [5, 5.41) is 7.94. The first kappa shape index (κ1) is 15.3. The van der Waals surface area contributed by atoms with Crippen molar-refractivity contribution in [3.63, 3.8) is 0 Å².